The van der Waals surface area contributed by atoms with Crippen molar-refractivity contribution in [3.63, 3.8) is 0 Å². The van der Waals surface area contributed by atoms with Gasteiger partial charge in [-0.15, -0.1) is 0 Å². The van der Waals surface area contributed by atoms with Crippen LogP contribution in [0.2, 0.25) is 5.02 Å². The van der Waals surface area contributed by atoms with Crippen LogP contribution in [0, 0.1) is 17.0 Å². The molecule has 38 heavy (non-hydrogen) atoms. The lowest BCUT2D eigenvalue weighted by Crippen LogP contribution is -2.42. The smallest absolute Gasteiger partial charge is 0.303 e. The molecule has 4 rings (SSSR count). The molecule has 1 aromatic heterocycles. The minimum atomic E-state index is -1.40. The number of halogens is 4. The molecule has 1 aliphatic heterocycles. The quantitative estimate of drug-likeness (QED) is 0.290. The summed E-state index contributed by atoms with van der Waals surface area (Å²) in [7, 11) is 1.53. The van der Waals surface area contributed by atoms with Crippen LogP contribution in [-0.2, 0) is 4.79 Å². The number of aliphatic carboxylic acids is 1. The summed E-state index contributed by atoms with van der Waals surface area (Å²) in [6.07, 6.45) is 1.66. The Morgan fingerprint density at radius 3 is 2.53 bits per heavy atom. The van der Waals surface area contributed by atoms with E-state index >= 15 is 4.39 Å². The Bertz CT molecular complexity index is 1260. The summed E-state index contributed by atoms with van der Waals surface area (Å²) in [6.45, 7) is 1.98. The van der Waals surface area contributed by atoms with E-state index in [-0.39, 0.29) is 30.2 Å². The van der Waals surface area contributed by atoms with E-state index in [2.05, 4.69) is 9.88 Å². The van der Waals surface area contributed by atoms with Crippen LogP contribution in [0.4, 0.5) is 13.2 Å². The van der Waals surface area contributed by atoms with Crippen molar-refractivity contribution < 1.29 is 32.5 Å². The number of carbonyl (C=O) groups is 1. The Labute approximate surface area is 224 Å². The van der Waals surface area contributed by atoms with Gasteiger partial charge >= 0.3 is 5.97 Å². The number of carboxylic acids is 1. The van der Waals surface area contributed by atoms with Gasteiger partial charge in [0.2, 0.25) is 0 Å². The molecule has 1 N–H and O–H groups in total. The van der Waals surface area contributed by atoms with Gasteiger partial charge in [0.05, 0.1) is 24.1 Å². The number of pyridine rings is 1. The van der Waals surface area contributed by atoms with Crippen LogP contribution in [0.5, 0.6) is 11.5 Å². The van der Waals surface area contributed by atoms with Crippen molar-refractivity contribution in [1.29, 1.82) is 0 Å². The van der Waals surface area contributed by atoms with Crippen molar-refractivity contribution in [3.8, 4) is 11.5 Å². The summed E-state index contributed by atoms with van der Waals surface area (Å²) in [5.74, 6) is -1.64. The van der Waals surface area contributed by atoms with Crippen LogP contribution >= 0.6 is 11.6 Å². The number of likely N-dealkylation sites (tertiary alicyclic amines) is 1. The van der Waals surface area contributed by atoms with Crippen LogP contribution < -0.4 is 9.47 Å². The van der Waals surface area contributed by atoms with Crippen LogP contribution in [-0.4, -0.2) is 54.3 Å². The minimum Gasteiger partial charge on any atom is -0.497 e. The van der Waals surface area contributed by atoms with Gasteiger partial charge in [0, 0.05) is 41.9 Å². The topological polar surface area (TPSA) is 71.9 Å². The first-order chi connectivity index (χ1) is 18.2. The molecule has 3 aromatic rings. The third-order valence-corrected chi connectivity index (χ3v) is 7.57. The largest absolute Gasteiger partial charge is 0.497 e. The van der Waals surface area contributed by atoms with E-state index in [9.17, 15) is 18.7 Å². The van der Waals surface area contributed by atoms with Gasteiger partial charge in [0.15, 0.2) is 0 Å². The number of alkyl halides is 1. The number of nitrogens with zero attached hydrogens (tertiary/aromatic N) is 2. The second-order valence-corrected chi connectivity index (χ2v) is 10.2. The average Bonchev–Trinajstić information content (AvgIpc) is 2.87. The molecule has 204 valence electrons. The van der Waals surface area contributed by atoms with E-state index in [1.54, 1.807) is 18.2 Å². The number of benzene rings is 2. The number of hydrogen-bond donors (Lipinski definition) is 1. The highest BCUT2D eigenvalue weighted by Gasteiger charge is 2.37. The standard InChI is InChI=1S/C28H30ClF3N2O4/c1-37-20-2-3-25-22(15-20)27(23(29)17-33-25)24(32)4-5-28(16-26(35)36)6-8-34(9-7-28)10-11-38-21-13-18(30)12-19(31)14-21/h2-3,12-15,17,24H,4-11,16H2,1H3,(H,35,36)/t24-/m0/s1. The molecule has 0 saturated carbocycles. The maximum absolute atomic E-state index is 15.7. The van der Waals surface area contributed by atoms with E-state index in [1.807, 2.05) is 0 Å². The molecule has 10 heteroatoms. The number of fused-ring (bicyclic) bond motifs is 1. The number of methoxy groups -OCH3 is 1. The molecule has 0 unspecified atom stereocenters. The van der Waals surface area contributed by atoms with Crippen LogP contribution in [0.15, 0.2) is 42.6 Å². The van der Waals surface area contributed by atoms with Gasteiger partial charge in [-0.1, -0.05) is 11.6 Å². The lowest BCUT2D eigenvalue weighted by atomic mass is 9.71. The van der Waals surface area contributed by atoms with Crippen LogP contribution in [0.25, 0.3) is 10.9 Å². The summed E-state index contributed by atoms with van der Waals surface area (Å²) >= 11 is 6.37. The highest BCUT2D eigenvalue weighted by Crippen LogP contribution is 2.44. The molecular formula is C28H30ClF3N2O4. The van der Waals surface area contributed by atoms with Gasteiger partial charge < -0.3 is 14.6 Å². The molecule has 1 aliphatic rings. The first-order valence-electron chi connectivity index (χ1n) is 12.5. The maximum atomic E-state index is 15.7. The van der Waals surface area contributed by atoms with E-state index in [0.717, 1.165) is 18.2 Å². The van der Waals surface area contributed by atoms with Gasteiger partial charge in [0.1, 0.15) is 35.9 Å². The van der Waals surface area contributed by atoms with Crippen molar-refractivity contribution in [2.45, 2.75) is 38.3 Å². The van der Waals surface area contributed by atoms with Gasteiger partial charge in [-0.05, 0) is 62.4 Å². The molecule has 1 fully saturated rings. The number of rotatable bonds is 11. The van der Waals surface area contributed by atoms with Crippen molar-refractivity contribution in [2.24, 2.45) is 5.41 Å². The van der Waals surface area contributed by atoms with Crippen molar-refractivity contribution in [1.82, 2.24) is 9.88 Å². The molecule has 6 nitrogen and oxygen atoms in total. The van der Waals surface area contributed by atoms with E-state index < -0.39 is 29.2 Å². The van der Waals surface area contributed by atoms with Crippen molar-refractivity contribution in [3.05, 3.63) is 64.8 Å². The molecule has 0 bridgehead atoms. The van der Waals surface area contributed by atoms with E-state index in [0.29, 0.717) is 61.1 Å². The average molecular weight is 551 g/mol. The zero-order valence-electron chi connectivity index (χ0n) is 21.1. The highest BCUT2D eigenvalue weighted by atomic mass is 35.5. The highest BCUT2D eigenvalue weighted by molar-refractivity contribution is 6.32. The fraction of sp³-hybridized carbons (Fsp3) is 0.429. The number of piperidine rings is 1. The number of carboxylic acid groups (broad SMARTS) is 1. The molecule has 1 atom stereocenters. The van der Waals surface area contributed by atoms with E-state index in [1.165, 1.54) is 13.3 Å². The first kappa shape index (κ1) is 28.0. The molecule has 2 heterocycles. The molecule has 2 aromatic carbocycles. The SMILES string of the molecule is COc1ccc2ncc(Cl)c([C@@H](F)CCC3(CC(=O)O)CCN(CCOc4cc(F)cc(F)c4)CC3)c2c1. The summed E-state index contributed by atoms with van der Waals surface area (Å²) in [4.78, 5) is 18.1. The third kappa shape index (κ3) is 6.88. The third-order valence-electron chi connectivity index (χ3n) is 7.26. The van der Waals surface area contributed by atoms with Crippen LogP contribution in [0.1, 0.15) is 43.8 Å². The maximum Gasteiger partial charge on any atom is 0.303 e. The Kier molecular flexibility index (Phi) is 8.99. The van der Waals surface area contributed by atoms with Gasteiger partial charge in [-0.3, -0.25) is 14.7 Å². The summed E-state index contributed by atoms with van der Waals surface area (Å²) in [5.41, 5.74) is 0.390. The minimum absolute atomic E-state index is 0.0503. The first-order valence-corrected chi connectivity index (χ1v) is 12.8. The normalized spacial score (nSPS) is 16.3. The van der Waals surface area contributed by atoms with Gasteiger partial charge in [0.25, 0.3) is 0 Å². The number of aromatic nitrogens is 1. The zero-order valence-corrected chi connectivity index (χ0v) is 21.8. The monoisotopic (exact) mass is 550 g/mol. The van der Waals surface area contributed by atoms with Crippen molar-refractivity contribution in [2.75, 3.05) is 33.4 Å². The van der Waals surface area contributed by atoms with E-state index in [4.69, 9.17) is 21.1 Å². The Balaban J connectivity index is 1.38. The Morgan fingerprint density at radius 1 is 1.16 bits per heavy atom. The lowest BCUT2D eigenvalue weighted by molar-refractivity contribution is -0.141. The Morgan fingerprint density at radius 2 is 1.87 bits per heavy atom. The predicted molar refractivity (Wildman–Crippen MR) is 139 cm³/mol. The second-order valence-electron chi connectivity index (χ2n) is 9.77. The number of ether oxygens (including phenoxy) is 2. The van der Waals surface area contributed by atoms with Gasteiger partial charge in [-0.2, -0.15) is 0 Å². The molecule has 0 amide bonds. The summed E-state index contributed by atoms with van der Waals surface area (Å²) in [6, 6.07) is 8.23. The second kappa shape index (κ2) is 12.2. The summed E-state index contributed by atoms with van der Waals surface area (Å²) < 4.78 is 53.2. The number of hydrogen-bond acceptors (Lipinski definition) is 5. The molecule has 0 spiro atoms. The fourth-order valence-corrected chi connectivity index (χ4v) is 5.45. The molecule has 0 radical (unpaired) electrons. The van der Waals surface area contributed by atoms with Crippen LogP contribution in [0.3, 0.4) is 0 Å². The Hall–Kier alpha value is -3.04. The van der Waals surface area contributed by atoms with Crippen molar-refractivity contribution >= 4 is 28.5 Å². The molecule has 1 saturated heterocycles. The summed E-state index contributed by atoms with van der Waals surface area (Å²) in [5, 5.41) is 10.4. The zero-order chi connectivity index (χ0) is 27.3. The molecule has 0 aliphatic carbocycles. The lowest BCUT2D eigenvalue weighted by Gasteiger charge is -2.41. The molecular weight excluding hydrogens is 521 g/mol. The fourth-order valence-electron chi connectivity index (χ4n) is 5.18. The predicted octanol–water partition coefficient (Wildman–Crippen LogP) is 6.60. The van der Waals surface area contributed by atoms with Gasteiger partial charge in [-0.25, -0.2) is 13.2 Å².